The zero-order valence-electron chi connectivity index (χ0n) is 11.7. The van der Waals surface area contributed by atoms with E-state index in [1.807, 2.05) is 0 Å². The van der Waals surface area contributed by atoms with Crippen LogP contribution in [0.15, 0.2) is 48.5 Å². The highest BCUT2D eigenvalue weighted by atomic mass is 19.1. The summed E-state index contributed by atoms with van der Waals surface area (Å²) >= 11 is 0. The molecule has 0 unspecified atom stereocenters. The Labute approximate surface area is 125 Å². The van der Waals surface area contributed by atoms with Crippen LogP contribution in [0.3, 0.4) is 0 Å². The van der Waals surface area contributed by atoms with E-state index >= 15 is 0 Å². The molecule has 2 aromatic carbocycles. The van der Waals surface area contributed by atoms with Gasteiger partial charge in [-0.15, -0.1) is 0 Å². The van der Waals surface area contributed by atoms with E-state index in [-0.39, 0.29) is 5.69 Å². The number of nitro groups is 1. The van der Waals surface area contributed by atoms with Crippen molar-refractivity contribution in [2.24, 2.45) is 0 Å². The molecule has 22 heavy (non-hydrogen) atoms. The van der Waals surface area contributed by atoms with E-state index in [1.54, 1.807) is 6.92 Å². The Bertz CT molecular complexity index is 671. The molecule has 2 rings (SSSR count). The van der Waals surface area contributed by atoms with Crippen LogP contribution in [0.4, 0.5) is 15.8 Å². The first-order valence-corrected chi connectivity index (χ1v) is 6.43. The van der Waals surface area contributed by atoms with Crippen LogP contribution in [-0.2, 0) is 4.79 Å². The van der Waals surface area contributed by atoms with Crippen LogP contribution in [0.25, 0.3) is 0 Å². The molecule has 0 bridgehead atoms. The Morgan fingerprint density at radius 1 is 1.18 bits per heavy atom. The molecule has 1 atom stereocenters. The van der Waals surface area contributed by atoms with Crippen molar-refractivity contribution in [3.05, 3.63) is 64.5 Å². The third kappa shape index (κ3) is 4.02. The van der Waals surface area contributed by atoms with E-state index in [0.717, 1.165) is 0 Å². The zero-order valence-corrected chi connectivity index (χ0v) is 11.7. The van der Waals surface area contributed by atoms with E-state index in [2.05, 4.69) is 5.32 Å². The van der Waals surface area contributed by atoms with Crippen LogP contribution < -0.4 is 10.1 Å². The van der Waals surface area contributed by atoms with Gasteiger partial charge in [0.15, 0.2) is 6.10 Å². The van der Waals surface area contributed by atoms with Crippen LogP contribution >= 0.6 is 0 Å². The van der Waals surface area contributed by atoms with Gasteiger partial charge in [-0.05, 0) is 43.3 Å². The average molecular weight is 304 g/mol. The smallest absolute Gasteiger partial charge is 0.269 e. The topological polar surface area (TPSA) is 81.5 Å². The predicted molar refractivity (Wildman–Crippen MR) is 78.2 cm³/mol. The third-order valence-electron chi connectivity index (χ3n) is 2.84. The number of halogens is 1. The number of non-ortho nitro benzene ring substituents is 1. The van der Waals surface area contributed by atoms with Gasteiger partial charge in [-0.2, -0.15) is 0 Å². The minimum atomic E-state index is -0.813. The predicted octanol–water partition coefficient (Wildman–Crippen LogP) is 3.14. The molecule has 2 aromatic rings. The molecule has 1 amide bonds. The van der Waals surface area contributed by atoms with Crippen molar-refractivity contribution in [1.29, 1.82) is 0 Å². The van der Waals surface area contributed by atoms with Gasteiger partial charge in [0.25, 0.3) is 11.6 Å². The number of carbonyl (C=O) groups is 1. The molecule has 0 aromatic heterocycles. The highest BCUT2D eigenvalue weighted by Gasteiger charge is 2.15. The summed E-state index contributed by atoms with van der Waals surface area (Å²) in [5.74, 6) is -0.467. The number of carbonyl (C=O) groups excluding carboxylic acids is 1. The Hall–Kier alpha value is -2.96. The van der Waals surface area contributed by atoms with Crippen LogP contribution in [0.5, 0.6) is 5.75 Å². The van der Waals surface area contributed by atoms with Gasteiger partial charge in [-0.3, -0.25) is 14.9 Å². The highest BCUT2D eigenvalue weighted by Crippen LogP contribution is 2.19. The summed E-state index contributed by atoms with van der Waals surface area (Å²) in [5.41, 5.74) is 0.390. The number of amides is 1. The van der Waals surface area contributed by atoms with Crippen LogP contribution in [0.1, 0.15) is 6.92 Å². The summed E-state index contributed by atoms with van der Waals surface area (Å²) in [6.45, 7) is 1.54. The number of ether oxygens (including phenoxy) is 1. The summed E-state index contributed by atoms with van der Waals surface area (Å²) in [4.78, 5) is 22.0. The van der Waals surface area contributed by atoms with Gasteiger partial charge in [0.1, 0.15) is 11.6 Å². The first-order valence-electron chi connectivity index (χ1n) is 6.43. The molecule has 0 heterocycles. The number of nitrogens with one attached hydrogen (secondary N) is 1. The Balaban J connectivity index is 1.95. The van der Waals surface area contributed by atoms with Crippen molar-refractivity contribution in [3.8, 4) is 5.75 Å². The second-order valence-electron chi connectivity index (χ2n) is 4.51. The summed E-state index contributed by atoms with van der Waals surface area (Å²) in [6.07, 6.45) is -0.813. The lowest BCUT2D eigenvalue weighted by molar-refractivity contribution is -0.384. The first kappa shape index (κ1) is 15.4. The Kier molecular flexibility index (Phi) is 4.67. The number of benzene rings is 2. The number of rotatable bonds is 5. The maximum Gasteiger partial charge on any atom is 0.269 e. The molecule has 0 aliphatic rings. The van der Waals surface area contributed by atoms with E-state index in [4.69, 9.17) is 4.74 Å². The molecule has 0 spiro atoms. The number of nitro benzene ring substituents is 1. The fraction of sp³-hybridized carbons (Fsp3) is 0.133. The molecular weight excluding hydrogens is 291 g/mol. The maximum absolute atomic E-state index is 12.8. The number of hydrogen-bond acceptors (Lipinski definition) is 4. The van der Waals surface area contributed by atoms with E-state index in [1.165, 1.54) is 48.5 Å². The van der Waals surface area contributed by atoms with Gasteiger partial charge >= 0.3 is 0 Å². The number of hydrogen-bond donors (Lipinski definition) is 1. The van der Waals surface area contributed by atoms with Crippen molar-refractivity contribution >= 4 is 17.3 Å². The molecule has 114 valence electrons. The molecule has 0 radical (unpaired) electrons. The highest BCUT2D eigenvalue weighted by molar-refractivity contribution is 5.94. The van der Waals surface area contributed by atoms with Crippen LogP contribution in [0.2, 0.25) is 0 Å². The van der Waals surface area contributed by atoms with Crippen LogP contribution in [-0.4, -0.2) is 16.9 Å². The minimum Gasteiger partial charge on any atom is -0.481 e. The van der Waals surface area contributed by atoms with Gasteiger partial charge in [0.05, 0.1) is 4.92 Å². The Morgan fingerprint density at radius 3 is 2.32 bits per heavy atom. The van der Waals surface area contributed by atoms with Gasteiger partial charge in [-0.25, -0.2) is 4.39 Å². The lowest BCUT2D eigenvalue weighted by Crippen LogP contribution is -2.30. The quantitative estimate of drug-likeness (QED) is 0.679. The average Bonchev–Trinajstić information content (AvgIpc) is 2.50. The lowest BCUT2D eigenvalue weighted by Gasteiger charge is -2.14. The van der Waals surface area contributed by atoms with E-state index < -0.39 is 22.8 Å². The molecule has 0 fully saturated rings. The SMILES string of the molecule is C[C@H](Oc1ccc([N+](=O)[O-])cc1)C(=O)Nc1ccc(F)cc1. The second-order valence-corrected chi connectivity index (χ2v) is 4.51. The summed E-state index contributed by atoms with van der Waals surface area (Å²) in [7, 11) is 0. The summed E-state index contributed by atoms with van der Waals surface area (Å²) < 4.78 is 18.2. The lowest BCUT2D eigenvalue weighted by atomic mass is 10.2. The van der Waals surface area contributed by atoms with E-state index in [0.29, 0.717) is 11.4 Å². The number of anilines is 1. The fourth-order valence-electron chi connectivity index (χ4n) is 1.68. The largest absolute Gasteiger partial charge is 0.481 e. The van der Waals surface area contributed by atoms with Crippen molar-refractivity contribution in [2.45, 2.75) is 13.0 Å². The molecule has 7 heteroatoms. The fourth-order valence-corrected chi connectivity index (χ4v) is 1.68. The van der Waals surface area contributed by atoms with Gasteiger partial charge < -0.3 is 10.1 Å². The molecule has 6 nitrogen and oxygen atoms in total. The molecule has 0 aliphatic heterocycles. The van der Waals surface area contributed by atoms with Crippen molar-refractivity contribution in [2.75, 3.05) is 5.32 Å². The third-order valence-corrected chi connectivity index (χ3v) is 2.84. The van der Waals surface area contributed by atoms with Gasteiger partial charge in [0, 0.05) is 17.8 Å². The van der Waals surface area contributed by atoms with Crippen molar-refractivity contribution in [1.82, 2.24) is 0 Å². The van der Waals surface area contributed by atoms with Gasteiger partial charge in [-0.1, -0.05) is 0 Å². The van der Waals surface area contributed by atoms with Crippen LogP contribution in [0, 0.1) is 15.9 Å². The van der Waals surface area contributed by atoms with Gasteiger partial charge in [0.2, 0.25) is 0 Å². The van der Waals surface area contributed by atoms with Crippen molar-refractivity contribution in [3.63, 3.8) is 0 Å². The molecule has 0 saturated heterocycles. The standard InChI is InChI=1S/C15H13FN2O4/c1-10(15(19)17-12-4-2-11(16)3-5-12)22-14-8-6-13(7-9-14)18(20)21/h2-10H,1H3,(H,17,19)/t10-/m0/s1. The monoisotopic (exact) mass is 304 g/mol. The zero-order chi connectivity index (χ0) is 16.1. The first-order chi connectivity index (χ1) is 10.5. The molecule has 0 saturated carbocycles. The molecular formula is C15H13FN2O4. The van der Waals surface area contributed by atoms with E-state index in [9.17, 15) is 19.3 Å². The summed E-state index contributed by atoms with van der Waals surface area (Å²) in [5, 5.41) is 13.1. The summed E-state index contributed by atoms with van der Waals surface area (Å²) in [6, 6.07) is 10.8. The molecule has 0 aliphatic carbocycles. The molecule has 1 N–H and O–H groups in total. The maximum atomic E-state index is 12.8. The number of nitrogens with zero attached hydrogens (tertiary/aromatic N) is 1. The Morgan fingerprint density at radius 2 is 1.77 bits per heavy atom. The minimum absolute atomic E-state index is 0.0595. The second kappa shape index (κ2) is 6.66. The normalized spacial score (nSPS) is 11.5. The van der Waals surface area contributed by atoms with Crippen molar-refractivity contribution < 1.29 is 18.8 Å².